The van der Waals surface area contributed by atoms with Gasteiger partial charge < -0.3 is 4.74 Å². The van der Waals surface area contributed by atoms with E-state index in [9.17, 15) is 4.79 Å². The molecule has 0 aliphatic rings. The van der Waals surface area contributed by atoms with Gasteiger partial charge in [-0.05, 0) is 24.6 Å². The highest BCUT2D eigenvalue weighted by molar-refractivity contribution is 9.10. The maximum atomic E-state index is 11.9. The zero-order valence-electron chi connectivity index (χ0n) is 9.43. The van der Waals surface area contributed by atoms with Crippen LogP contribution in [0.5, 0.6) is 5.75 Å². The van der Waals surface area contributed by atoms with Gasteiger partial charge in [0.1, 0.15) is 5.75 Å². The van der Waals surface area contributed by atoms with Gasteiger partial charge in [0.2, 0.25) is 0 Å². The Hall–Kier alpha value is -0.830. The second kappa shape index (κ2) is 4.79. The number of carbonyl (C=O) groups is 1. The maximum absolute atomic E-state index is 11.9. The van der Waals surface area contributed by atoms with E-state index in [1.807, 2.05) is 32.9 Å². The second-order valence-electron chi connectivity index (χ2n) is 3.82. The van der Waals surface area contributed by atoms with Gasteiger partial charge in [-0.3, -0.25) is 4.79 Å². The smallest absolute Gasteiger partial charge is 0.169 e. The van der Waals surface area contributed by atoms with Gasteiger partial charge >= 0.3 is 0 Å². The number of carbonyl (C=O) groups excluding carboxylic acids is 1. The number of aryl methyl sites for hydroxylation is 1. The summed E-state index contributed by atoms with van der Waals surface area (Å²) in [6, 6.07) is 3.75. The minimum atomic E-state index is -0.0207. The summed E-state index contributed by atoms with van der Waals surface area (Å²) in [6.45, 7) is 5.71. The van der Waals surface area contributed by atoms with Gasteiger partial charge in [0.15, 0.2) is 5.78 Å². The van der Waals surface area contributed by atoms with Crippen LogP contribution in [0.25, 0.3) is 0 Å². The zero-order valence-corrected chi connectivity index (χ0v) is 11.0. The number of benzene rings is 1. The fourth-order valence-corrected chi connectivity index (χ4v) is 2.07. The monoisotopic (exact) mass is 270 g/mol. The first-order valence-electron chi connectivity index (χ1n) is 4.85. The van der Waals surface area contributed by atoms with Crippen molar-refractivity contribution in [2.24, 2.45) is 5.92 Å². The predicted octanol–water partition coefficient (Wildman–Crippen LogP) is 3.60. The van der Waals surface area contributed by atoms with Crippen molar-refractivity contribution in [3.63, 3.8) is 0 Å². The van der Waals surface area contributed by atoms with Crippen LogP contribution >= 0.6 is 15.9 Å². The lowest BCUT2D eigenvalue weighted by Gasteiger charge is -2.12. The Kier molecular flexibility index (Phi) is 3.91. The van der Waals surface area contributed by atoms with Crippen LogP contribution in [0.4, 0.5) is 0 Å². The number of methoxy groups -OCH3 is 1. The first-order valence-corrected chi connectivity index (χ1v) is 5.65. The molecule has 1 aromatic carbocycles. The minimum Gasteiger partial charge on any atom is -0.496 e. The van der Waals surface area contributed by atoms with E-state index in [0.29, 0.717) is 11.3 Å². The van der Waals surface area contributed by atoms with Crippen molar-refractivity contribution in [2.75, 3.05) is 7.11 Å². The molecule has 0 bridgehead atoms. The number of ether oxygens (including phenoxy) is 1. The quantitative estimate of drug-likeness (QED) is 0.785. The van der Waals surface area contributed by atoms with Gasteiger partial charge in [-0.1, -0.05) is 29.8 Å². The van der Waals surface area contributed by atoms with Crippen LogP contribution in [0.3, 0.4) is 0 Å². The van der Waals surface area contributed by atoms with E-state index in [2.05, 4.69) is 15.9 Å². The number of rotatable bonds is 3. The summed E-state index contributed by atoms with van der Waals surface area (Å²) in [5.74, 6) is 0.765. The summed E-state index contributed by atoms with van der Waals surface area (Å²) in [7, 11) is 1.59. The number of Topliss-reactive ketones (excluding diaryl/α,β-unsaturated/α-hetero) is 1. The molecule has 0 unspecified atom stereocenters. The lowest BCUT2D eigenvalue weighted by atomic mass is 9.98. The third-order valence-corrected chi connectivity index (χ3v) is 2.69. The van der Waals surface area contributed by atoms with Crippen LogP contribution < -0.4 is 4.74 Å². The summed E-state index contributed by atoms with van der Waals surface area (Å²) in [4.78, 5) is 11.9. The van der Waals surface area contributed by atoms with E-state index < -0.39 is 0 Å². The highest BCUT2D eigenvalue weighted by Gasteiger charge is 2.17. The molecule has 0 heterocycles. The van der Waals surface area contributed by atoms with Crippen molar-refractivity contribution in [3.8, 4) is 5.75 Å². The van der Waals surface area contributed by atoms with Crippen molar-refractivity contribution in [1.82, 2.24) is 0 Å². The third-order valence-electron chi connectivity index (χ3n) is 2.23. The molecule has 0 spiro atoms. The standard InChI is InChI=1S/C12H15BrO2/c1-7(2)11(14)10-6-9(13)5-8(3)12(10)15-4/h5-7H,1-4H3. The second-order valence-corrected chi connectivity index (χ2v) is 4.74. The average Bonchev–Trinajstić information content (AvgIpc) is 2.15. The molecule has 0 aliphatic heterocycles. The Bertz CT molecular complexity index is 383. The lowest BCUT2D eigenvalue weighted by molar-refractivity contribution is 0.0936. The van der Waals surface area contributed by atoms with Crippen LogP contribution in [0.1, 0.15) is 29.8 Å². The van der Waals surface area contributed by atoms with Crippen LogP contribution in [0.15, 0.2) is 16.6 Å². The molecule has 15 heavy (non-hydrogen) atoms. The molecule has 0 atom stereocenters. The van der Waals surface area contributed by atoms with Crippen molar-refractivity contribution < 1.29 is 9.53 Å². The van der Waals surface area contributed by atoms with E-state index in [4.69, 9.17) is 4.74 Å². The average molecular weight is 271 g/mol. The summed E-state index contributed by atoms with van der Waals surface area (Å²) in [5, 5.41) is 0. The molecule has 0 radical (unpaired) electrons. The van der Waals surface area contributed by atoms with Crippen molar-refractivity contribution in [3.05, 3.63) is 27.7 Å². The molecule has 3 heteroatoms. The Labute approximate surface area is 98.8 Å². The Morgan fingerprint density at radius 1 is 1.40 bits per heavy atom. The molecule has 0 saturated carbocycles. The van der Waals surface area contributed by atoms with Crippen LogP contribution in [-0.4, -0.2) is 12.9 Å². The minimum absolute atomic E-state index is 0.0207. The molecule has 0 amide bonds. The molecule has 0 fully saturated rings. The molecular formula is C12H15BrO2. The summed E-state index contributed by atoms with van der Waals surface area (Å²) >= 11 is 3.39. The lowest BCUT2D eigenvalue weighted by Crippen LogP contribution is -2.10. The molecule has 1 aromatic rings. The molecule has 82 valence electrons. The van der Waals surface area contributed by atoms with Crippen molar-refractivity contribution in [2.45, 2.75) is 20.8 Å². The summed E-state index contributed by atoms with van der Waals surface area (Å²) in [5.41, 5.74) is 1.62. The van der Waals surface area contributed by atoms with Crippen LogP contribution in [0.2, 0.25) is 0 Å². The Morgan fingerprint density at radius 3 is 2.47 bits per heavy atom. The van der Waals surface area contributed by atoms with E-state index in [1.54, 1.807) is 7.11 Å². The number of hydrogen-bond acceptors (Lipinski definition) is 2. The fourth-order valence-electron chi connectivity index (χ4n) is 1.49. The first-order chi connectivity index (χ1) is 6.97. The predicted molar refractivity (Wildman–Crippen MR) is 64.6 cm³/mol. The van der Waals surface area contributed by atoms with Crippen LogP contribution in [-0.2, 0) is 0 Å². The third kappa shape index (κ3) is 2.59. The van der Waals surface area contributed by atoms with Gasteiger partial charge in [-0.25, -0.2) is 0 Å². The van der Waals surface area contributed by atoms with E-state index >= 15 is 0 Å². The maximum Gasteiger partial charge on any atom is 0.169 e. The van der Waals surface area contributed by atoms with Gasteiger partial charge in [0, 0.05) is 10.4 Å². The van der Waals surface area contributed by atoms with Gasteiger partial charge in [-0.2, -0.15) is 0 Å². The van der Waals surface area contributed by atoms with E-state index in [-0.39, 0.29) is 11.7 Å². The number of ketones is 1. The molecule has 1 rings (SSSR count). The van der Waals surface area contributed by atoms with Crippen LogP contribution in [0, 0.1) is 12.8 Å². The van der Waals surface area contributed by atoms with Gasteiger partial charge in [0.05, 0.1) is 12.7 Å². The largest absolute Gasteiger partial charge is 0.496 e. The Balaban J connectivity index is 3.32. The normalized spacial score (nSPS) is 10.5. The van der Waals surface area contributed by atoms with E-state index in [0.717, 1.165) is 10.0 Å². The number of halogens is 1. The summed E-state index contributed by atoms with van der Waals surface area (Å²) < 4.78 is 6.17. The molecule has 2 nitrogen and oxygen atoms in total. The Morgan fingerprint density at radius 2 is 2.00 bits per heavy atom. The van der Waals surface area contributed by atoms with Gasteiger partial charge in [0.25, 0.3) is 0 Å². The molecule has 0 aromatic heterocycles. The van der Waals surface area contributed by atoms with E-state index in [1.165, 1.54) is 0 Å². The van der Waals surface area contributed by atoms with Crippen molar-refractivity contribution in [1.29, 1.82) is 0 Å². The first kappa shape index (κ1) is 12.2. The zero-order chi connectivity index (χ0) is 11.6. The molecule has 0 saturated heterocycles. The highest BCUT2D eigenvalue weighted by atomic mass is 79.9. The SMILES string of the molecule is COc1c(C)cc(Br)cc1C(=O)C(C)C. The molecule has 0 N–H and O–H groups in total. The fraction of sp³-hybridized carbons (Fsp3) is 0.417. The summed E-state index contributed by atoms with van der Waals surface area (Å²) in [6.07, 6.45) is 0. The highest BCUT2D eigenvalue weighted by Crippen LogP contribution is 2.29. The van der Waals surface area contributed by atoms with Crippen molar-refractivity contribution >= 4 is 21.7 Å². The molecular weight excluding hydrogens is 256 g/mol. The van der Waals surface area contributed by atoms with Gasteiger partial charge in [-0.15, -0.1) is 0 Å². The molecule has 0 aliphatic carbocycles. The number of hydrogen-bond donors (Lipinski definition) is 0. The topological polar surface area (TPSA) is 26.3 Å².